The maximum Gasteiger partial charge on any atom is 0.126 e. The van der Waals surface area contributed by atoms with E-state index in [2.05, 4.69) is 139 Å². The maximum atomic E-state index is 5.72. The summed E-state index contributed by atoms with van der Waals surface area (Å²) >= 11 is 0. The van der Waals surface area contributed by atoms with Crippen molar-refractivity contribution in [3.8, 4) is 5.75 Å². The average Bonchev–Trinajstić information content (AvgIpc) is 2.93. The van der Waals surface area contributed by atoms with E-state index in [1.807, 2.05) is 6.07 Å². The van der Waals surface area contributed by atoms with Gasteiger partial charge >= 0.3 is 0 Å². The monoisotopic (exact) mass is 470 g/mol. The smallest absolute Gasteiger partial charge is 0.126 e. The minimum Gasteiger partial charge on any atom is -0.496 e. The van der Waals surface area contributed by atoms with Gasteiger partial charge in [0.2, 0.25) is 0 Å². The lowest BCUT2D eigenvalue weighted by Gasteiger charge is -2.14. The second kappa shape index (κ2) is 11.0. The summed E-state index contributed by atoms with van der Waals surface area (Å²) in [7, 11) is 1.16. The molecule has 0 bridgehead atoms. The molecule has 0 N–H and O–H groups in total. The summed E-state index contributed by atoms with van der Waals surface area (Å²) in [5.74, 6) is 3.22. The molecule has 0 radical (unpaired) electrons. The molecular formula is C33H27OP. The van der Waals surface area contributed by atoms with Crippen LogP contribution in [0.5, 0.6) is 5.75 Å². The zero-order valence-corrected chi connectivity index (χ0v) is 20.6. The van der Waals surface area contributed by atoms with E-state index in [1.54, 1.807) is 7.11 Å². The van der Waals surface area contributed by atoms with Gasteiger partial charge in [0, 0.05) is 5.56 Å². The molecule has 5 rings (SSSR count). The Bertz CT molecular complexity index is 1530. The Morgan fingerprint density at radius 3 is 1.89 bits per heavy atom. The molecule has 5 aromatic rings. The fourth-order valence-corrected chi connectivity index (χ4v) is 6.17. The lowest BCUT2D eigenvalue weighted by atomic mass is 10.0. The summed E-state index contributed by atoms with van der Waals surface area (Å²) < 4.78 is 5.72. The Labute approximate surface area is 208 Å². The first-order valence-corrected chi connectivity index (χ1v) is 13.1. The van der Waals surface area contributed by atoms with Gasteiger partial charge in [-0.15, -0.1) is 0 Å². The van der Waals surface area contributed by atoms with Gasteiger partial charge in [0.05, 0.1) is 7.11 Å². The van der Waals surface area contributed by atoms with E-state index in [0.717, 1.165) is 16.5 Å². The molecule has 0 amide bonds. The molecule has 0 fully saturated rings. The number of benzene rings is 5. The molecule has 0 saturated heterocycles. The molecule has 1 nitrogen and oxygen atoms in total. The molecule has 0 aromatic heterocycles. The highest BCUT2D eigenvalue weighted by molar-refractivity contribution is 7.75. The van der Waals surface area contributed by atoms with Crippen molar-refractivity contribution in [3.63, 3.8) is 0 Å². The number of methoxy groups -OCH3 is 1. The molecule has 0 aliphatic carbocycles. The molecule has 35 heavy (non-hydrogen) atoms. The van der Waals surface area contributed by atoms with Gasteiger partial charge in [0.15, 0.2) is 0 Å². The number of ether oxygens (including phenoxy) is 1. The number of hydrogen-bond donors (Lipinski definition) is 0. The number of rotatable bonds is 6. The van der Waals surface area contributed by atoms with Crippen LogP contribution >= 0.6 is 7.92 Å². The molecule has 0 aliphatic rings. The van der Waals surface area contributed by atoms with Crippen molar-refractivity contribution in [1.82, 2.24) is 0 Å². The van der Waals surface area contributed by atoms with E-state index < -0.39 is 7.92 Å². The van der Waals surface area contributed by atoms with Crippen LogP contribution < -0.4 is 25.8 Å². The minimum absolute atomic E-state index is 0.578. The van der Waals surface area contributed by atoms with Crippen LogP contribution in [0.15, 0.2) is 133 Å². The van der Waals surface area contributed by atoms with E-state index in [4.69, 9.17) is 4.74 Å². The third-order valence-electron chi connectivity index (χ3n) is 6.03. The van der Waals surface area contributed by atoms with Gasteiger partial charge in [0.1, 0.15) is 5.75 Å². The van der Waals surface area contributed by atoms with Gasteiger partial charge in [-0.25, -0.2) is 0 Å². The predicted octanol–water partition coefficient (Wildman–Crippen LogP) is 6.10. The lowest BCUT2D eigenvalue weighted by Crippen LogP contribution is -2.23. The van der Waals surface area contributed by atoms with Crippen molar-refractivity contribution in [3.05, 3.63) is 149 Å². The molecule has 2 heteroatoms. The van der Waals surface area contributed by atoms with E-state index in [9.17, 15) is 0 Å². The quantitative estimate of drug-likeness (QED) is 0.272. The maximum absolute atomic E-state index is 5.72. The molecule has 5 aromatic carbocycles. The summed E-state index contributed by atoms with van der Waals surface area (Å²) in [5, 5.41) is 7.42. The van der Waals surface area contributed by atoms with Crippen molar-refractivity contribution >= 4 is 41.5 Å². The van der Waals surface area contributed by atoms with Crippen molar-refractivity contribution in [1.29, 1.82) is 0 Å². The molecule has 170 valence electrons. The zero-order chi connectivity index (χ0) is 23.9. The first-order chi connectivity index (χ1) is 17.3. The molecule has 0 heterocycles. The third kappa shape index (κ3) is 5.27. The summed E-state index contributed by atoms with van der Waals surface area (Å²) in [6, 6.07) is 42.6. The van der Waals surface area contributed by atoms with Gasteiger partial charge in [-0.2, -0.15) is 0 Å². The van der Waals surface area contributed by atoms with Crippen LogP contribution in [0.1, 0.15) is 5.56 Å². The fourth-order valence-electron chi connectivity index (χ4n) is 4.28. The van der Waals surface area contributed by atoms with Gasteiger partial charge in [-0.05, 0) is 51.9 Å². The van der Waals surface area contributed by atoms with Crippen LogP contribution in [0, 0.1) is 0 Å². The Morgan fingerprint density at radius 1 is 0.600 bits per heavy atom. The number of allylic oxidation sites excluding steroid dienone is 1. The van der Waals surface area contributed by atoms with E-state index in [-0.39, 0.29) is 0 Å². The SMILES string of the molecule is COc1ccc2ccccc2c1\C=c1/cccc/c1=C/C=C/P(c1ccccc1)c1ccccc1. The molecular weight excluding hydrogens is 443 g/mol. The second-order valence-electron chi connectivity index (χ2n) is 8.23. The van der Waals surface area contributed by atoms with Crippen LogP contribution in [0.25, 0.3) is 22.9 Å². The summed E-state index contributed by atoms with van der Waals surface area (Å²) in [6.45, 7) is 0. The van der Waals surface area contributed by atoms with E-state index >= 15 is 0 Å². The van der Waals surface area contributed by atoms with Crippen molar-refractivity contribution in [2.24, 2.45) is 0 Å². The first-order valence-electron chi connectivity index (χ1n) is 11.7. The number of fused-ring (bicyclic) bond motifs is 1. The Morgan fingerprint density at radius 2 is 1.20 bits per heavy atom. The molecule has 0 spiro atoms. The highest BCUT2D eigenvalue weighted by atomic mass is 31.1. The Kier molecular flexibility index (Phi) is 7.18. The normalized spacial score (nSPS) is 12.6. The summed E-state index contributed by atoms with van der Waals surface area (Å²) in [4.78, 5) is 0. The Hall–Kier alpha value is -3.93. The topological polar surface area (TPSA) is 9.23 Å². The van der Waals surface area contributed by atoms with Crippen molar-refractivity contribution < 1.29 is 4.74 Å². The van der Waals surface area contributed by atoms with Crippen LogP contribution in [-0.2, 0) is 0 Å². The molecule has 0 aliphatic heterocycles. The summed E-state index contributed by atoms with van der Waals surface area (Å²) in [5.41, 5.74) is 1.10. The minimum atomic E-state index is -0.578. The highest BCUT2D eigenvalue weighted by Crippen LogP contribution is 2.35. The van der Waals surface area contributed by atoms with Crippen LogP contribution in [-0.4, -0.2) is 7.11 Å². The van der Waals surface area contributed by atoms with Gasteiger partial charge in [-0.3, -0.25) is 0 Å². The fraction of sp³-hybridized carbons (Fsp3) is 0.0303. The second-order valence-corrected chi connectivity index (χ2v) is 10.3. The van der Waals surface area contributed by atoms with Crippen LogP contribution in [0.4, 0.5) is 0 Å². The van der Waals surface area contributed by atoms with Crippen LogP contribution in [0.3, 0.4) is 0 Å². The number of hydrogen-bond acceptors (Lipinski definition) is 1. The zero-order valence-electron chi connectivity index (χ0n) is 19.7. The van der Waals surface area contributed by atoms with Gasteiger partial charge < -0.3 is 4.74 Å². The van der Waals surface area contributed by atoms with Crippen molar-refractivity contribution in [2.75, 3.05) is 7.11 Å². The molecule has 0 atom stereocenters. The standard InChI is InChI=1S/C33H27OP/c1-34-33-23-22-27-14-10-11-21-31(27)32(33)25-28-15-9-8-13-26(28)16-12-24-35(29-17-4-2-5-18-29)30-19-6-3-7-20-30/h2-25H,1H3/b24-12+,26-16-,28-25+. The van der Waals surface area contributed by atoms with Gasteiger partial charge in [0.25, 0.3) is 0 Å². The predicted molar refractivity (Wildman–Crippen MR) is 152 cm³/mol. The van der Waals surface area contributed by atoms with E-state index in [0.29, 0.717) is 0 Å². The lowest BCUT2D eigenvalue weighted by molar-refractivity contribution is 0.414. The average molecular weight is 471 g/mol. The Balaban J connectivity index is 1.60. The third-order valence-corrected chi connectivity index (χ3v) is 8.21. The summed E-state index contributed by atoms with van der Waals surface area (Å²) in [6.07, 6.45) is 6.65. The largest absolute Gasteiger partial charge is 0.496 e. The first kappa shape index (κ1) is 22.8. The van der Waals surface area contributed by atoms with Crippen molar-refractivity contribution in [2.45, 2.75) is 0 Å². The molecule has 0 unspecified atom stereocenters. The van der Waals surface area contributed by atoms with Gasteiger partial charge in [-0.1, -0.05) is 133 Å². The van der Waals surface area contributed by atoms with Crippen LogP contribution in [0.2, 0.25) is 0 Å². The molecule has 0 saturated carbocycles. The van der Waals surface area contributed by atoms with E-state index in [1.165, 1.54) is 26.6 Å². The highest BCUT2D eigenvalue weighted by Gasteiger charge is 2.09.